The summed E-state index contributed by atoms with van der Waals surface area (Å²) in [7, 11) is 0. The lowest BCUT2D eigenvalue weighted by atomic mass is 10.1. The highest BCUT2D eigenvalue weighted by atomic mass is 16.7. The summed E-state index contributed by atoms with van der Waals surface area (Å²) < 4.78 is 10.8. The Morgan fingerprint density at radius 1 is 0.939 bits per heavy atom. The molecule has 2 aromatic carbocycles. The van der Waals surface area contributed by atoms with Gasteiger partial charge in [0.1, 0.15) is 0 Å². The summed E-state index contributed by atoms with van der Waals surface area (Å²) >= 11 is 0. The standard InChI is InChI=1S/C25H27N3O5/c1-17(25(31)26-21-6-4-20(5-7-21)18(2)29)13-24(30)28-11-9-27(10-12-28)15-19-3-8-22-23(14-19)33-16-32-22/h3-8,13-14H,9-12,15-16H2,1-2H3,(H,26,31)/b17-13-. The second kappa shape index (κ2) is 9.87. The number of benzene rings is 2. The summed E-state index contributed by atoms with van der Waals surface area (Å²) in [5, 5.41) is 2.75. The van der Waals surface area contributed by atoms with Gasteiger partial charge in [-0.3, -0.25) is 19.3 Å². The van der Waals surface area contributed by atoms with Crippen LogP contribution in [-0.4, -0.2) is 60.4 Å². The van der Waals surface area contributed by atoms with E-state index in [1.807, 2.05) is 18.2 Å². The number of Topliss-reactive ketones (excluding diaryl/α,β-unsaturated/α-hetero) is 1. The predicted molar refractivity (Wildman–Crippen MR) is 123 cm³/mol. The minimum atomic E-state index is -0.347. The number of nitrogens with one attached hydrogen (secondary N) is 1. The van der Waals surface area contributed by atoms with E-state index in [2.05, 4.69) is 10.2 Å². The van der Waals surface area contributed by atoms with Crippen LogP contribution in [0.1, 0.15) is 29.8 Å². The normalized spacial score (nSPS) is 15.9. The number of rotatable bonds is 6. The lowest BCUT2D eigenvalue weighted by Crippen LogP contribution is -2.47. The molecule has 8 heteroatoms. The lowest BCUT2D eigenvalue weighted by molar-refractivity contribution is -0.128. The van der Waals surface area contributed by atoms with E-state index in [4.69, 9.17) is 9.47 Å². The van der Waals surface area contributed by atoms with Crippen LogP contribution in [0, 0.1) is 0 Å². The molecular formula is C25H27N3O5. The maximum Gasteiger partial charge on any atom is 0.251 e. The summed E-state index contributed by atoms with van der Waals surface area (Å²) in [5.74, 6) is 0.992. The monoisotopic (exact) mass is 449 g/mol. The molecule has 8 nitrogen and oxygen atoms in total. The average Bonchev–Trinajstić information content (AvgIpc) is 3.27. The Balaban J connectivity index is 1.27. The molecule has 1 fully saturated rings. The summed E-state index contributed by atoms with van der Waals surface area (Å²) in [6, 6.07) is 12.6. The van der Waals surface area contributed by atoms with Crippen molar-refractivity contribution in [3.05, 3.63) is 65.2 Å². The molecule has 0 saturated carbocycles. The van der Waals surface area contributed by atoms with Gasteiger partial charge in [0.2, 0.25) is 12.7 Å². The number of anilines is 1. The van der Waals surface area contributed by atoms with E-state index in [1.165, 1.54) is 13.0 Å². The molecule has 0 aromatic heterocycles. The lowest BCUT2D eigenvalue weighted by Gasteiger charge is -2.34. The molecular weight excluding hydrogens is 422 g/mol. The fourth-order valence-electron chi connectivity index (χ4n) is 3.78. The SMILES string of the molecule is CC(=O)c1ccc(NC(=O)/C(C)=C\C(=O)N2CCN(Cc3ccc4c(c3)OCO4)CC2)cc1. The number of amides is 2. The summed E-state index contributed by atoms with van der Waals surface area (Å²) in [6.45, 7) is 6.84. The number of ether oxygens (including phenoxy) is 2. The van der Waals surface area contributed by atoms with Gasteiger partial charge < -0.3 is 19.7 Å². The van der Waals surface area contributed by atoms with Crippen molar-refractivity contribution in [1.29, 1.82) is 0 Å². The molecule has 2 aliphatic heterocycles. The minimum Gasteiger partial charge on any atom is -0.454 e. The number of ketones is 1. The number of nitrogens with zero attached hydrogens (tertiary/aromatic N) is 2. The third-order valence-corrected chi connectivity index (χ3v) is 5.77. The fraction of sp³-hybridized carbons (Fsp3) is 0.320. The van der Waals surface area contributed by atoms with Crippen molar-refractivity contribution in [3.8, 4) is 11.5 Å². The Hall–Kier alpha value is -3.65. The zero-order valence-corrected chi connectivity index (χ0v) is 18.8. The average molecular weight is 450 g/mol. The van der Waals surface area contributed by atoms with E-state index in [1.54, 1.807) is 36.1 Å². The first-order chi connectivity index (χ1) is 15.9. The van der Waals surface area contributed by atoms with Crippen LogP contribution < -0.4 is 14.8 Å². The van der Waals surface area contributed by atoms with Crippen LogP contribution in [-0.2, 0) is 16.1 Å². The number of fused-ring (bicyclic) bond motifs is 1. The number of hydrogen-bond acceptors (Lipinski definition) is 6. The summed E-state index contributed by atoms with van der Waals surface area (Å²) in [6.07, 6.45) is 1.38. The van der Waals surface area contributed by atoms with E-state index in [-0.39, 0.29) is 24.4 Å². The van der Waals surface area contributed by atoms with Crippen molar-refractivity contribution in [2.24, 2.45) is 0 Å². The molecule has 2 heterocycles. The Bertz CT molecular complexity index is 1090. The van der Waals surface area contributed by atoms with Gasteiger partial charge in [0, 0.05) is 55.6 Å². The first kappa shape index (κ1) is 22.5. The molecule has 0 spiro atoms. The first-order valence-corrected chi connectivity index (χ1v) is 10.9. The Labute approximate surface area is 192 Å². The maximum absolute atomic E-state index is 12.7. The molecule has 33 heavy (non-hydrogen) atoms. The van der Waals surface area contributed by atoms with E-state index in [0.717, 1.165) is 36.7 Å². The van der Waals surface area contributed by atoms with Gasteiger partial charge in [-0.25, -0.2) is 0 Å². The van der Waals surface area contributed by atoms with E-state index in [0.29, 0.717) is 29.9 Å². The molecule has 4 rings (SSSR count). The third-order valence-electron chi connectivity index (χ3n) is 5.77. The zero-order valence-electron chi connectivity index (χ0n) is 18.8. The third kappa shape index (κ3) is 5.59. The van der Waals surface area contributed by atoms with Gasteiger partial charge in [0.05, 0.1) is 0 Å². The van der Waals surface area contributed by atoms with Gasteiger partial charge in [0.25, 0.3) is 5.91 Å². The molecule has 0 unspecified atom stereocenters. The Kier molecular flexibility index (Phi) is 6.74. The number of carbonyl (C=O) groups is 3. The Morgan fingerprint density at radius 2 is 1.64 bits per heavy atom. The van der Waals surface area contributed by atoms with Crippen molar-refractivity contribution in [2.75, 3.05) is 38.3 Å². The Morgan fingerprint density at radius 3 is 2.33 bits per heavy atom. The molecule has 0 bridgehead atoms. The number of hydrogen-bond donors (Lipinski definition) is 1. The molecule has 1 saturated heterocycles. The van der Waals surface area contributed by atoms with Crippen LogP contribution in [0.2, 0.25) is 0 Å². The van der Waals surface area contributed by atoms with Gasteiger partial charge >= 0.3 is 0 Å². The molecule has 0 aliphatic carbocycles. The van der Waals surface area contributed by atoms with Crippen molar-refractivity contribution in [3.63, 3.8) is 0 Å². The minimum absolute atomic E-state index is 0.0365. The van der Waals surface area contributed by atoms with Crippen LogP contribution in [0.25, 0.3) is 0 Å². The van der Waals surface area contributed by atoms with Crippen LogP contribution in [0.15, 0.2) is 54.1 Å². The maximum atomic E-state index is 12.7. The molecule has 2 aromatic rings. The van der Waals surface area contributed by atoms with Crippen LogP contribution >= 0.6 is 0 Å². The topological polar surface area (TPSA) is 88.2 Å². The van der Waals surface area contributed by atoms with Crippen molar-refractivity contribution in [2.45, 2.75) is 20.4 Å². The number of carbonyl (C=O) groups excluding carboxylic acids is 3. The van der Waals surface area contributed by atoms with Crippen LogP contribution in [0.3, 0.4) is 0 Å². The van der Waals surface area contributed by atoms with Gasteiger partial charge in [-0.1, -0.05) is 6.07 Å². The molecule has 172 valence electrons. The van der Waals surface area contributed by atoms with Crippen molar-refractivity contribution >= 4 is 23.3 Å². The predicted octanol–water partition coefficient (Wildman–Crippen LogP) is 2.85. The molecule has 2 amide bonds. The van der Waals surface area contributed by atoms with Gasteiger partial charge in [0.15, 0.2) is 17.3 Å². The smallest absolute Gasteiger partial charge is 0.251 e. The molecule has 0 radical (unpaired) electrons. The molecule has 2 aliphatic rings. The molecule has 0 atom stereocenters. The number of piperazine rings is 1. The van der Waals surface area contributed by atoms with Crippen molar-refractivity contribution < 1.29 is 23.9 Å². The second-order valence-corrected chi connectivity index (χ2v) is 8.20. The van der Waals surface area contributed by atoms with Crippen LogP contribution in [0.5, 0.6) is 11.5 Å². The van der Waals surface area contributed by atoms with Crippen molar-refractivity contribution in [1.82, 2.24) is 9.80 Å². The first-order valence-electron chi connectivity index (χ1n) is 10.9. The van der Waals surface area contributed by atoms with Gasteiger partial charge in [-0.05, 0) is 55.8 Å². The van der Waals surface area contributed by atoms with Gasteiger partial charge in [-0.15, -0.1) is 0 Å². The largest absolute Gasteiger partial charge is 0.454 e. The van der Waals surface area contributed by atoms with Gasteiger partial charge in [-0.2, -0.15) is 0 Å². The van der Waals surface area contributed by atoms with Crippen LogP contribution in [0.4, 0.5) is 5.69 Å². The van der Waals surface area contributed by atoms with E-state index < -0.39 is 0 Å². The van der Waals surface area contributed by atoms with E-state index >= 15 is 0 Å². The highest BCUT2D eigenvalue weighted by Gasteiger charge is 2.22. The highest BCUT2D eigenvalue weighted by molar-refractivity contribution is 6.07. The molecule has 1 N–H and O–H groups in total. The zero-order chi connectivity index (χ0) is 23.4. The van der Waals surface area contributed by atoms with E-state index in [9.17, 15) is 14.4 Å². The summed E-state index contributed by atoms with van der Waals surface area (Å²) in [4.78, 5) is 40.5. The summed E-state index contributed by atoms with van der Waals surface area (Å²) in [5.41, 5.74) is 2.62. The second-order valence-electron chi connectivity index (χ2n) is 8.20. The quantitative estimate of drug-likeness (QED) is 0.539. The fourth-order valence-corrected chi connectivity index (χ4v) is 3.78. The highest BCUT2D eigenvalue weighted by Crippen LogP contribution is 2.32.